The lowest BCUT2D eigenvalue weighted by atomic mass is 10.1. The maximum absolute atomic E-state index is 12.6. The zero-order chi connectivity index (χ0) is 12.5. The van der Waals surface area contributed by atoms with Crippen LogP contribution in [-0.2, 0) is 12.7 Å². The lowest BCUT2D eigenvalue weighted by Crippen LogP contribution is -2.15. The van der Waals surface area contributed by atoms with Crippen molar-refractivity contribution in [2.45, 2.75) is 19.1 Å². The molecule has 2 N–H and O–H groups in total. The van der Waals surface area contributed by atoms with Crippen molar-refractivity contribution in [2.75, 3.05) is 0 Å². The Kier molecular flexibility index (Phi) is 4.05. The van der Waals surface area contributed by atoms with Crippen molar-refractivity contribution in [3.63, 3.8) is 0 Å². The van der Waals surface area contributed by atoms with Crippen LogP contribution in [0.5, 0.6) is 0 Å². The Morgan fingerprint density at radius 3 is 2.31 bits per heavy atom. The van der Waals surface area contributed by atoms with Crippen LogP contribution in [0.1, 0.15) is 23.2 Å². The maximum atomic E-state index is 12.6. The highest BCUT2D eigenvalue weighted by atomic mass is 127. The molecule has 1 aromatic rings. The van der Waals surface area contributed by atoms with Gasteiger partial charge in [-0.05, 0) is 28.2 Å². The van der Waals surface area contributed by atoms with Crippen LogP contribution < -0.4 is 5.73 Å². The highest BCUT2D eigenvalue weighted by Crippen LogP contribution is 2.36. The molecule has 0 aromatic carbocycles. The third-order valence-corrected chi connectivity index (χ3v) is 2.94. The summed E-state index contributed by atoms with van der Waals surface area (Å²) in [5.41, 5.74) is 3.09. The smallest absolute Gasteiger partial charge is 0.326 e. The molecule has 0 aliphatic rings. The lowest BCUT2D eigenvalue weighted by molar-refractivity contribution is -0.142. The summed E-state index contributed by atoms with van der Waals surface area (Å²) in [6.45, 7) is -0.277. The number of aromatic nitrogens is 1. The lowest BCUT2D eigenvalue weighted by Gasteiger charge is -2.14. The highest BCUT2D eigenvalue weighted by Gasteiger charge is 2.37. The van der Waals surface area contributed by atoms with Gasteiger partial charge in [0.25, 0.3) is 6.43 Å². The third-order valence-electron chi connectivity index (χ3n) is 1.85. The van der Waals surface area contributed by atoms with Gasteiger partial charge >= 0.3 is 6.18 Å². The first-order valence-electron chi connectivity index (χ1n) is 4.01. The molecule has 0 saturated heterocycles. The first-order chi connectivity index (χ1) is 7.29. The van der Waals surface area contributed by atoms with Gasteiger partial charge in [-0.15, -0.1) is 0 Å². The number of hydrogen-bond donors (Lipinski definition) is 1. The average Bonchev–Trinajstić information content (AvgIpc) is 2.14. The van der Waals surface area contributed by atoms with Crippen LogP contribution in [0.15, 0.2) is 6.20 Å². The topological polar surface area (TPSA) is 38.9 Å². The molecule has 0 aliphatic carbocycles. The van der Waals surface area contributed by atoms with E-state index >= 15 is 0 Å². The molecule has 16 heavy (non-hydrogen) atoms. The van der Waals surface area contributed by atoms with Gasteiger partial charge in [0.05, 0.1) is 3.57 Å². The number of halogens is 6. The molecule has 0 unspecified atom stereocenters. The molecule has 0 amide bonds. The van der Waals surface area contributed by atoms with Gasteiger partial charge in [-0.1, -0.05) is 0 Å². The number of rotatable bonds is 2. The minimum absolute atomic E-state index is 0.0765. The van der Waals surface area contributed by atoms with Crippen LogP contribution in [-0.4, -0.2) is 4.98 Å². The first-order valence-corrected chi connectivity index (χ1v) is 5.09. The fraction of sp³-hybridized carbons (Fsp3) is 0.375. The van der Waals surface area contributed by atoms with Crippen molar-refractivity contribution in [1.82, 2.24) is 4.98 Å². The summed E-state index contributed by atoms with van der Waals surface area (Å²) in [6, 6.07) is 0. The second-order valence-corrected chi connectivity index (χ2v) is 3.94. The zero-order valence-electron chi connectivity index (χ0n) is 7.65. The molecule has 0 radical (unpaired) electrons. The number of hydrogen-bond acceptors (Lipinski definition) is 2. The molecule has 0 saturated carbocycles. The SMILES string of the molecule is NCc1cnc(C(F)(F)F)c(I)c1C(F)F. The summed E-state index contributed by atoms with van der Waals surface area (Å²) >= 11 is 1.21. The molecule has 1 rings (SSSR count). The normalized spacial score (nSPS) is 12.2. The summed E-state index contributed by atoms with van der Waals surface area (Å²) in [5, 5.41) is 0. The minimum atomic E-state index is -4.74. The largest absolute Gasteiger partial charge is 0.434 e. The Morgan fingerprint density at radius 1 is 1.38 bits per heavy atom. The molecule has 0 aliphatic heterocycles. The molecule has 0 atom stereocenters. The number of alkyl halides is 5. The standard InChI is InChI=1S/C8H6F5IN2/c9-7(10)4-3(1-15)2-16-6(5(4)14)8(11,12)13/h2,7H,1,15H2. The quantitative estimate of drug-likeness (QED) is 0.656. The minimum Gasteiger partial charge on any atom is -0.326 e. The molecule has 0 bridgehead atoms. The molecule has 90 valence electrons. The van der Waals surface area contributed by atoms with Gasteiger partial charge in [0.1, 0.15) is 0 Å². The number of nitrogens with two attached hydrogens (primary N) is 1. The average molecular weight is 352 g/mol. The van der Waals surface area contributed by atoms with Crippen molar-refractivity contribution in [1.29, 1.82) is 0 Å². The van der Waals surface area contributed by atoms with Gasteiger partial charge < -0.3 is 5.73 Å². The fourth-order valence-corrected chi connectivity index (χ4v) is 2.16. The molecular formula is C8H6F5IN2. The molecule has 1 heterocycles. The van der Waals surface area contributed by atoms with E-state index in [1.54, 1.807) is 0 Å². The summed E-state index contributed by atoms with van der Waals surface area (Å²) in [5.74, 6) is 0. The Balaban J connectivity index is 3.44. The van der Waals surface area contributed by atoms with E-state index in [4.69, 9.17) is 5.73 Å². The van der Waals surface area contributed by atoms with E-state index in [2.05, 4.69) is 4.98 Å². The molecule has 1 aromatic heterocycles. The molecular weight excluding hydrogens is 346 g/mol. The van der Waals surface area contributed by atoms with Crippen LogP contribution in [0, 0.1) is 3.57 Å². The van der Waals surface area contributed by atoms with Gasteiger partial charge in [0.15, 0.2) is 5.69 Å². The van der Waals surface area contributed by atoms with E-state index in [-0.39, 0.29) is 12.1 Å². The predicted molar refractivity (Wildman–Crippen MR) is 54.8 cm³/mol. The van der Waals surface area contributed by atoms with Crippen molar-refractivity contribution in [3.8, 4) is 0 Å². The first kappa shape index (κ1) is 13.6. The van der Waals surface area contributed by atoms with E-state index in [1.165, 1.54) is 22.6 Å². The van der Waals surface area contributed by atoms with Crippen LogP contribution >= 0.6 is 22.6 Å². The van der Waals surface area contributed by atoms with Crippen molar-refractivity contribution in [2.24, 2.45) is 5.73 Å². The van der Waals surface area contributed by atoms with E-state index in [0.717, 1.165) is 6.20 Å². The van der Waals surface area contributed by atoms with Crippen molar-refractivity contribution < 1.29 is 22.0 Å². The summed E-state index contributed by atoms with van der Waals surface area (Å²) < 4.78 is 61.7. The van der Waals surface area contributed by atoms with E-state index in [1.807, 2.05) is 0 Å². The Hall–Kier alpha value is -0.510. The second kappa shape index (κ2) is 4.78. The van der Waals surface area contributed by atoms with E-state index in [9.17, 15) is 22.0 Å². The van der Waals surface area contributed by atoms with E-state index < -0.39 is 27.4 Å². The van der Waals surface area contributed by atoms with Crippen molar-refractivity contribution in [3.05, 3.63) is 26.6 Å². The van der Waals surface area contributed by atoms with Crippen LogP contribution in [0.25, 0.3) is 0 Å². The summed E-state index contributed by atoms with van der Waals surface area (Å²) in [4.78, 5) is 3.12. The third kappa shape index (κ3) is 2.59. The molecule has 2 nitrogen and oxygen atoms in total. The zero-order valence-corrected chi connectivity index (χ0v) is 9.81. The van der Waals surface area contributed by atoms with Crippen molar-refractivity contribution >= 4 is 22.6 Å². The maximum Gasteiger partial charge on any atom is 0.434 e. The van der Waals surface area contributed by atoms with Gasteiger partial charge in [-0.3, -0.25) is 4.98 Å². The molecule has 8 heteroatoms. The summed E-state index contributed by atoms with van der Waals surface area (Å²) in [6.07, 6.45) is -7.01. The Bertz CT molecular complexity index is 391. The van der Waals surface area contributed by atoms with Gasteiger partial charge in [0.2, 0.25) is 0 Å². The van der Waals surface area contributed by atoms with Gasteiger partial charge in [-0.25, -0.2) is 8.78 Å². The summed E-state index contributed by atoms with van der Waals surface area (Å²) in [7, 11) is 0. The van der Waals surface area contributed by atoms with Crippen LogP contribution in [0.3, 0.4) is 0 Å². The predicted octanol–water partition coefficient (Wildman–Crippen LogP) is 3.10. The monoisotopic (exact) mass is 352 g/mol. The Morgan fingerprint density at radius 2 is 1.94 bits per heavy atom. The number of pyridine rings is 1. The van der Waals surface area contributed by atoms with Gasteiger partial charge in [-0.2, -0.15) is 13.2 Å². The second-order valence-electron chi connectivity index (χ2n) is 2.86. The molecule has 0 fully saturated rings. The number of nitrogens with zero attached hydrogens (tertiary/aromatic N) is 1. The Labute approximate surface area is 101 Å². The van der Waals surface area contributed by atoms with E-state index in [0.29, 0.717) is 0 Å². The van der Waals surface area contributed by atoms with Gasteiger partial charge in [0, 0.05) is 18.3 Å². The fourth-order valence-electron chi connectivity index (χ4n) is 1.13. The van der Waals surface area contributed by atoms with Crippen LogP contribution in [0.4, 0.5) is 22.0 Å². The highest BCUT2D eigenvalue weighted by molar-refractivity contribution is 14.1. The van der Waals surface area contributed by atoms with Crippen LogP contribution in [0.2, 0.25) is 0 Å². The molecule has 0 spiro atoms.